The van der Waals surface area contributed by atoms with E-state index in [2.05, 4.69) is 29.6 Å². The van der Waals surface area contributed by atoms with E-state index in [1.54, 1.807) is 18.2 Å². The zero-order valence-corrected chi connectivity index (χ0v) is 20.8. The molecule has 188 valence electrons. The molecule has 0 unspecified atom stereocenters. The number of hydrogen-bond donors (Lipinski definition) is 2. The maximum absolute atomic E-state index is 13.8. The number of methoxy groups -OCH3 is 1. The molecule has 37 heavy (non-hydrogen) atoms. The Morgan fingerprint density at radius 1 is 0.946 bits per heavy atom. The normalized spacial score (nSPS) is 13.6. The molecule has 4 aromatic rings. The first kappa shape index (κ1) is 24.4. The third-order valence-corrected chi connectivity index (χ3v) is 6.94. The highest BCUT2D eigenvalue weighted by Gasteiger charge is 2.46. The van der Waals surface area contributed by atoms with Gasteiger partial charge in [0.1, 0.15) is 11.5 Å². The van der Waals surface area contributed by atoms with Crippen LogP contribution in [0.2, 0.25) is 0 Å². The van der Waals surface area contributed by atoms with Gasteiger partial charge in [-0.1, -0.05) is 60.7 Å². The molecular formula is C31H30N2O4. The van der Waals surface area contributed by atoms with Crippen molar-refractivity contribution in [3.63, 3.8) is 0 Å². The number of nitrogens with two attached hydrogens (primary N) is 1. The summed E-state index contributed by atoms with van der Waals surface area (Å²) in [5.41, 5.74) is 8.69. The Balaban J connectivity index is 1.44. The molecule has 5 rings (SSSR count). The van der Waals surface area contributed by atoms with Gasteiger partial charge in [-0.25, -0.2) is 0 Å². The van der Waals surface area contributed by atoms with Crippen LogP contribution in [0.5, 0.6) is 11.5 Å². The van der Waals surface area contributed by atoms with Crippen molar-refractivity contribution in [2.75, 3.05) is 12.8 Å². The average molecular weight is 495 g/mol. The van der Waals surface area contributed by atoms with Crippen LogP contribution in [0.15, 0.2) is 84.9 Å². The first-order chi connectivity index (χ1) is 18.0. The number of amides is 1. The van der Waals surface area contributed by atoms with Crippen LogP contribution in [-0.2, 0) is 21.5 Å². The van der Waals surface area contributed by atoms with E-state index in [1.807, 2.05) is 42.5 Å². The predicted octanol–water partition coefficient (Wildman–Crippen LogP) is 6.13. The summed E-state index contributed by atoms with van der Waals surface area (Å²) in [5.74, 6) is 0.625. The number of ether oxygens (including phenoxy) is 2. The molecule has 0 saturated heterocycles. The van der Waals surface area contributed by atoms with Crippen LogP contribution < -0.4 is 15.8 Å². The van der Waals surface area contributed by atoms with Gasteiger partial charge in [-0.2, -0.15) is 0 Å². The smallest absolute Gasteiger partial charge is 0.305 e. The van der Waals surface area contributed by atoms with Crippen LogP contribution in [-0.4, -0.2) is 19.0 Å². The van der Waals surface area contributed by atoms with Crippen molar-refractivity contribution >= 4 is 28.3 Å². The third kappa shape index (κ3) is 5.28. The fraction of sp³-hybridized carbons (Fsp3) is 0.226. The molecule has 0 aliphatic heterocycles. The lowest BCUT2D eigenvalue weighted by Gasteiger charge is -2.21. The number of esters is 1. The fourth-order valence-corrected chi connectivity index (χ4v) is 4.79. The quantitative estimate of drug-likeness (QED) is 0.216. The highest BCUT2D eigenvalue weighted by atomic mass is 16.5. The van der Waals surface area contributed by atoms with Crippen LogP contribution in [0.4, 0.5) is 5.69 Å². The Morgan fingerprint density at radius 2 is 1.70 bits per heavy atom. The molecule has 1 aliphatic rings. The second-order valence-electron chi connectivity index (χ2n) is 9.45. The van der Waals surface area contributed by atoms with Gasteiger partial charge in [-0.3, -0.25) is 9.59 Å². The van der Waals surface area contributed by atoms with Crippen LogP contribution in [0.25, 0.3) is 10.8 Å². The number of carbonyl (C=O) groups excluding carboxylic acids is 2. The van der Waals surface area contributed by atoms with Crippen molar-refractivity contribution in [1.82, 2.24) is 5.32 Å². The van der Waals surface area contributed by atoms with Gasteiger partial charge in [0.05, 0.1) is 18.3 Å². The first-order valence-electron chi connectivity index (χ1n) is 12.5. The zero-order chi connectivity index (χ0) is 25.8. The molecular weight excluding hydrogens is 464 g/mol. The van der Waals surface area contributed by atoms with E-state index in [9.17, 15) is 9.59 Å². The molecule has 0 atom stereocenters. The van der Waals surface area contributed by atoms with Gasteiger partial charge in [-0.05, 0) is 71.8 Å². The molecule has 0 bridgehead atoms. The highest BCUT2D eigenvalue weighted by molar-refractivity contribution is 5.98. The number of carbonyl (C=O) groups is 2. The Bertz CT molecular complexity index is 1450. The number of aryl methyl sites for hydroxylation is 1. The molecule has 4 aromatic carbocycles. The van der Waals surface area contributed by atoms with E-state index in [0.29, 0.717) is 35.6 Å². The largest absolute Gasteiger partial charge is 0.469 e. The minimum atomic E-state index is -0.401. The van der Waals surface area contributed by atoms with Crippen LogP contribution >= 0.6 is 0 Å². The standard InChI is InChI=1S/C31H30N2O4/c1-36-29(34)15-7-10-22-16-17-23(37-28-14-5-4-13-27(28)32)20-25(22)30(35)33-31(18-19-31)26-12-6-9-21-8-2-3-11-24(21)26/h2-6,8-9,11-14,16-17,20H,7,10,15,18-19,32H2,1H3,(H,33,35). The summed E-state index contributed by atoms with van der Waals surface area (Å²) in [6.07, 6.45) is 3.18. The van der Waals surface area contributed by atoms with E-state index in [-0.39, 0.29) is 18.3 Å². The Morgan fingerprint density at radius 3 is 2.49 bits per heavy atom. The van der Waals surface area contributed by atoms with Gasteiger partial charge in [-0.15, -0.1) is 0 Å². The van der Waals surface area contributed by atoms with Gasteiger partial charge in [0.15, 0.2) is 0 Å². The minimum absolute atomic E-state index is 0.162. The molecule has 3 N–H and O–H groups in total. The molecule has 1 aliphatic carbocycles. The summed E-state index contributed by atoms with van der Waals surface area (Å²) in [5, 5.41) is 5.64. The number of fused-ring (bicyclic) bond motifs is 1. The van der Waals surface area contributed by atoms with Gasteiger partial charge in [0.25, 0.3) is 5.91 Å². The lowest BCUT2D eigenvalue weighted by atomic mass is 9.95. The highest BCUT2D eigenvalue weighted by Crippen LogP contribution is 2.48. The lowest BCUT2D eigenvalue weighted by Crippen LogP contribution is -2.35. The maximum atomic E-state index is 13.8. The van der Waals surface area contributed by atoms with Gasteiger partial charge in [0.2, 0.25) is 0 Å². The number of anilines is 1. The molecule has 1 amide bonds. The molecule has 0 radical (unpaired) electrons. The van der Waals surface area contributed by atoms with E-state index < -0.39 is 5.54 Å². The van der Waals surface area contributed by atoms with Crippen molar-refractivity contribution in [2.24, 2.45) is 0 Å². The second-order valence-corrected chi connectivity index (χ2v) is 9.45. The van der Waals surface area contributed by atoms with Crippen molar-refractivity contribution in [3.8, 4) is 11.5 Å². The Kier molecular flexibility index (Phi) is 6.82. The first-order valence-corrected chi connectivity index (χ1v) is 12.5. The van der Waals surface area contributed by atoms with E-state index in [0.717, 1.165) is 34.7 Å². The number of nitrogens with one attached hydrogen (secondary N) is 1. The number of nitrogen functional groups attached to an aromatic ring is 1. The molecule has 1 saturated carbocycles. The van der Waals surface area contributed by atoms with E-state index >= 15 is 0 Å². The summed E-state index contributed by atoms with van der Waals surface area (Å²) in [6.45, 7) is 0. The Hall–Kier alpha value is -4.32. The van der Waals surface area contributed by atoms with Crippen molar-refractivity contribution in [3.05, 3.63) is 102 Å². The third-order valence-electron chi connectivity index (χ3n) is 6.94. The summed E-state index contributed by atoms with van der Waals surface area (Å²) in [4.78, 5) is 25.4. The van der Waals surface area contributed by atoms with Crippen LogP contribution in [0.3, 0.4) is 0 Å². The number of rotatable bonds is 9. The summed E-state index contributed by atoms with van der Waals surface area (Å²) < 4.78 is 10.8. The Labute approximate surface area is 216 Å². The molecule has 6 heteroatoms. The molecule has 0 heterocycles. The monoisotopic (exact) mass is 494 g/mol. The van der Waals surface area contributed by atoms with E-state index in [1.165, 1.54) is 7.11 Å². The van der Waals surface area contributed by atoms with Gasteiger partial charge >= 0.3 is 5.97 Å². The van der Waals surface area contributed by atoms with Crippen LogP contribution in [0.1, 0.15) is 47.2 Å². The number of benzene rings is 4. The molecule has 0 spiro atoms. The SMILES string of the molecule is COC(=O)CCCc1ccc(Oc2ccccc2N)cc1C(=O)NC1(c2cccc3ccccc23)CC1. The zero-order valence-electron chi connectivity index (χ0n) is 20.8. The number of para-hydroxylation sites is 2. The van der Waals surface area contributed by atoms with Gasteiger partial charge < -0.3 is 20.5 Å². The van der Waals surface area contributed by atoms with Crippen molar-refractivity contribution < 1.29 is 19.1 Å². The van der Waals surface area contributed by atoms with Crippen molar-refractivity contribution in [1.29, 1.82) is 0 Å². The van der Waals surface area contributed by atoms with Crippen LogP contribution in [0, 0.1) is 0 Å². The topological polar surface area (TPSA) is 90.7 Å². The molecule has 6 nitrogen and oxygen atoms in total. The summed E-state index contributed by atoms with van der Waals surface area (Å²) >= 11 is 0. The van der Waals surface area contributed by atoms with Gasteiger partial charge in [0, 0.05) is 12.0 Å². The summed E-state index contributed by atoms with van der Waals surface area (Å²) in [7, 11) is 1.38. The average Bonchev–Trinajstić information content (AvgIpc) is 3.70. The summed E-state index contributed by atoms with van der Waals surface area (Å²) in [6, 6.07) is 27.2. The van der Waals surface area contributed by atoms with E-state index in [4.69, 9.17) is 15.2 Å². The molecule has 1 fully saturated rings. The molecule has 0 aromatic heterocycles. The number of hydrogen-bond acceptors (Lipinski definition) is 5. The lowest BCUT2D eigenvalue weighted by molar-refractivity contribution is -0.140. The fourth-order valence-electron chi connectivity index (χ4n) is 4.79. The van der Waals surface area contributed by atoms with Crippen molar-refractivity contribution in [2.45, 2.75) is 37.6 Å². The minimum Gasteiger partial charge on any atom is -0.469 e. The predicted molar refractivity (Wildman–Crippen MR) is 145 cm³/mol. The second kappa shape index (κ2) is 10.3. The maximum Gasteiger partial charge on any atom is 0.305 e.